The Morgan fingerprint density at radius 2 is 1.58 bits per heavy atom. The molecule has 9 N–H and O–H groups in total. The molecular weight excluding hydrogens is 626 g/mol. The summed E-state index contributed by atoms with van der Waals surface area (Å²) in [5.41, 5.74) is 18.1. The largest absolute Gasteiger partial charge is 0.481 e. The van der Waals surface area contributed by atoms with Crippen molar-refractivity contribution in [3.63, 3.8) is 0 Å². The number of rotatable bonds is 13. The van der Waals surface area contributed by atoms with Crippen LogP contribution in [0, 0.1) is 0 Å². The minimum Gasteiger partial charge on any atom is -0.481 e. The van der Waals surface area contributed by atoms with Gasteiger partial charge in [0.2, 0.25) is 17.7 Å². The Kier molecular flexibility index (Phi) is 15.5. The highest BCUT2D eigenvalue weighted by atomic mass is 16.5. The van der Waals surface area contributed by atoms with Gasteiger partial charge in [0.25, 0.3) is 5.97 Å². The second-order valence-electron chi connectivity index (χ2n) is 10.8. The number of methoxy groups -OCH3 is 2. The minimum atomic E-state index is -1.07. The molecule has 0 aromatic heterocycles. The van der Waals surface area contributed by atoms with Crippen LogP contribution in [-0.2, 0) is 35.1 Å². The number of amides is 3. The summed E-state index contributed by atoms with van der Waals surface area (Å²) in [6, 6.07) is 10.6. The highest BCUT2D eigenvalue weighted by Gasteiger charge is 2.37. The van der Waals surface area contributed by atoms with Gasteiger partial charge in [0.05, 0.1) is 31.4 Å². The van der Waals surface area contributed by atoms with E-state index in [0.717, 1.165) is 12.5 Å². The van der Waals surface area contributed by atoms with Gasteiger partial charge >= 0.3 is 11.9 Å². The summed E-state index contributed by atoms with van der Waals surface area (Å²) in [5, 5.41) is 12.8. The molecule has 2 aromatic carbocycles. The van der Waals surface area contributed by atoms with Gasteiger partial charge in [-0.2, -0.15) is 0 Å². The average Bonchev–Trinajstić information content (AvgIpc) is 3.55. The Bertz CT molecular complexity index is 1440. The number of aliphatic carboxylic acids is 1. The molecule has 0 spiro atoms. The molecule has 16 nitrogen and oxygen atoms in total. The molecule has 3 rings (SSSR count). The molecule has 260 valence electrons. The lowest BCUT2D eigenvalue weighted by Gasteiger charge is -2.28. The SMILES string of the molecule is CC(=O)O.COC(=O)c1cc(NC(=O)C(CCCN=C(N)N)NC(=O)C2CCCN2C(=O)C(N)Cc2ccccc2)cc(C(=O)OC)c1. The van der Waals surface area contributed by atoms with Crippen LogP contribution in [0.1, 0.15) is 58.9 Å². The molecule has 3 atom stereocenters. The molecule has 0 bridgehead atoms. The number of benzene rings is 2. The van der Waals surface area contributed by atoms with E-state index in [2.05, 4.69) is 15.6 Å². The smallest absolute Gasteiger partial charge is 0.337 e. The number of nitrogens with two attached hydrogens (primary N) is 3. The molecule has 2 aromatic rings. The average molecular weight is 670 g/mol. The zero-order valence-corrected chi connectivity index (χ0v) is 27.1. The van der Waals surface area contributed by atoms with Crippen LogP contribution < -0.4 is 27.8 Å². The number of hydrogen-bond acceptors (Lipinski definition) is 10. The van der Waals surface area contributed by atoms with Gasteiger partial charge in [-0.3, -0.25) is 24.2 Å². The van der Waals surface area contributed by atoms with Gasteiger partial charge in [0, 0.05) is 25.7 Å². The summed E-state index contributed by atoms with van der Waals surface area (Å²) in [7, 11) is 2.36. The Morgan fingerprint density at radius 1 is 1.00 bits per heavy atom. The number of nitrogens with zero attached hydrogens (tertiary/aromatic N) is 2. The predicted molar refractivity (Wildman–Crippen MR) is 176 cm³/mol. The van der Waals surface area contributed by atoms with Crippen LogP contribution in [0.3, 0.4) is 0 Å². The normalized spacial score (nSPS) is 14.7. The summed E-state index contributed by atoms with van der Waals surface area (Å²) in [6.07, 6.45) is 1.80. The van der Waals surface area contributed by atoms with E-state index >= 15 is 0 Å². The number of hydrogen-bond donors (Lipinski definition) is 6. The number of carbonyl (C=O) groups excluding carboxylic acids is 5. The molecular formula is C32H43N7O9. The quantitative estimate of drug-likeness (QED) is 0.0733. The zero-order valence-electron chi connectivity index (χ0n) is 27.1. The molecule has 3 unspecified atom stereocenters. The van der Waals surface area contributed by atoms with E-state index < -0.39 is 47.8 Å². The van der Waals surface area contributed by atoms with Gasteiger partial charge in [-0.15, -0.1) is 0 Å². The lowest BCUT2D eigenvalue weighted by molar-refractivity contribution is -0.140. The Balaban J connectivity index is 0.00000189. The van der Waals surface area contributed by atoms with Gasteiger partial charge in [0.15, 0.2) is 5.96 Å². The number of nitrogens with one attached hydrogen (secondary N) is 2. The number of carbonyl (C=O) groups is 6. The van der Waals surface area contributed by atoms with Crippen molar-refractivity contribution < 1.29 is 43.3 Å². The van der Waals surface area contributed by atoms with E-state index in [4.69, 9.17) is 36.6 Å². The van der Waals surface area contributed by atoms with Crippen LogP contribution in [-0.4, -0.2) is 97.0 Å². The second kappa shape index (κ2) is 19.2. The maximum Gasteiger partial charge on any atom is 0.337 e. The van der Waals surface area contributed by atoms with Crippen LogP contribution in [0.2, 0.25) is 0 Å². The second-order valence-corrected chi connectivity index (χ2v) is 10.8. The molecule has 1 saturated heterocycles. The molecule has 1 aliphatic heterocycles. The third-order valence-corrected chi connectivity index (χ3v) is 7.08. The Hall–Kier alpha value is -5.51. The lowest BCUT2D eigenvalue weighted by atomic mass is 10.0. The minimum absolute atomic E-state index is 0.00555. The van der Waals surface area contributed by atoms with Crippen LogP contribution in [0.15, 0.2) is 53.5 Å². The number of likely N-dealkylation sites (tertiary alicyclic amines) is 1. The number of ether oxygens (including phenoxy) is 2. The summed E-state index contributed by atoms with van der Waals surface area (Å²) in [5.74, 6) is -3.90. The van der Waals surface area contributed by atoms with Crippen molar-refractivity contribution in [3.8, 4) is 0 Å². The third kappa shape index (κ3) is 12.4. The molecule has 0 saturated carbocycles. The summed E-state index contributed by atoms with van der Waals surface area (Å²) < 4.78 is 9.50. The fourth-order valence-corrected chi connectivity index (χ4v) is 4.91. The van der Waals surface area contributed by atoms with Gasteiger partial charge < -0.3 is 47.3 Å². The Morgan fingerprint density at radius 3 is 2.12 bits per heavy atom. The van der Waals surface area contributed by atoms with Gasteiger partial charge in [0.1, 0.15) is 12.1 Å². The van der Waals surface area contributed by atoms with Gasteiger partial charge in [-0.05, 0) is 55.9 Å². The van der Waals surface area contributed by atoms with E-state index in [1.165, 1.54) is 37.3 Å². The lowest BCUT2D eigenvalue weighted by Crippen LogP contribution is -2.54. The maximum atomic E-state index is 13.5. The van der Waals surface area contributed by atoms with Crippen LogP contribution in [0.25, 0.3) is 0 Å². The fourth-order valence-electron chi connectivity index (χ4n) is 4.91. The molecule has 1 heterocycles. The number of carboxylic acids is 1. The standard InChI is InChI=1S/C30H39N7O7.C2H4O2/c1-43-28(41)19-15-20(29(42)44-2)17-21(16-19)35-25(38)23(10-6-12-34-30(32)33)36-26(39)24-11-7-13-37(24)27(40)22(31)14-18-8-4-3-5-9-18;1-2(3)4/h3-5,8-9,15-17,22-24H,6-7,10-14,31H2,1-2H3,(H,35,38)(H,36,39)(H4,32,33,34);1H3,(H,3,4). The molecule has 1 aliphatic rings. The molecule has 0 radical (unpaired) electrons. The van der Waals surface area contributed by atoms with Crippen molar-refractivity contribution in [2.24, 2.45) is 22.2 Å². The first-order chi connectivity index (χ1) is 22.8. The summed E-state index contributed by atoms with van der Waals surface area (Å²) in [6.45, 7) is 1.64. The van der Waals surface area contributed by atoms with E-state index in [-0.39, 0.29) is 41.6 Å². The van der Waals surface area contributed by atoms with Crippen molar-refractivity contribution in [2.75, 3.05) is 32.6 Å². The van der Waals surface area contributed by atoms with Crippen LogP contribution in [0.5, 0.6) is 0 Å². The molecule has 48 heavy (non-hydrogen) atoms. The third-order valence-electron chi connectivity index (χ3n) is 7.08. The van der Waals surface area contributed by atoms with E-state index in [1.54, 1.807) is 0 Å². The number of esters is 2. The van der Waals surface area contributed by atoms with Crippen LogP contribution >= 0.6 is 0 Å². The summed E-state index contributed by atoms with van der Waals surface area (Å²) in [4.78, 5) is 79.0. The highest BCUT2D eigenvalue weighted by molar-refractivity contribution is 6.02. The predicted octanol–water partition coefficient (Wildman–Crippen LogP) is 0.389. The maximum absolute atomic E-state index is 13.5. The monoisotopic (exact) mass is 669 g/mol. The zero-order chi connectivity index (χ0) is 35.8. The number of guanidine groups is 1. The van der Waals surface area contributed by atoms with Crippen molar-refractivity contribution in [1.29, 1.82) is 0 Å². The van der Waals surface area contributed by atoms with Gasteiger partial charge in [-0.1, -0.05) is 30.3 Å². The highest BCUT2D eigenvalue weighted by Crippen LogP contribution is 2.21. The van der Waals surface area contributed by atoms with E-state index in [0.29, 0.717) is 32.2 Å². The summed E-state index contributed by atoms with van der Waals surface area (Å²) >= 11 is 0. The van der Waals surface area contributed by atoms with E-state index in [1.807, 2.05) is 30.3 Å². The van der Waals surface area contributed by atoms with Gasteiger partial charge in [-0.25, -0.2) is 9.59 Å². The molecule has 1 fully saturated rings. The molecule has 3 amide bonds. The van der Waals surface area contributed by atoms with E-state index in [9.17, 15) is 24.0 Å². The van der Waals surface area contributed by atoms with Crippen molar-refractivity contribution >= 4 is 47.3 Å². The first-order valence-corrected chi connectivity index (χ1v) is 15.0. The van der Waals surface area contributed by atoms with Crippen molar-refractivity contribution in [1.82, 2.24) is 10.2 Å². The molecule has 0 aliphatic carbocycles. The number of anilines is 1. The number of carboxylic acid groups (broad SMARTS) is 1. The van der Waals surface area contributed by atoms with Crippen molar-refractivity contribution in [3.05, 3.63) is 65.2 Å². The molecule has 16 heteroatoms. The Labute approximate surface area is 278 Å². The van der Waals surface area contributed by atoms with Crippen molar-refractivity contribution in [2.45, 2.75) is 57.2 Å². The first-order valence-electron chi connectivity index (χ1n) is 15.0. The fraction of sp³-hybridized carbons (Fsp3) is 0.406. The number of aliphatic imine (C=N–C) groups is 1. The first kappa shape index (κ1) is 38.7. The van der Waals surface area contributed by atoms with Crippen LogP contribution in [0.4, 0.5) is 5.69 Å². The topological polar surface area (TPSA) is 259 Å².